The summed E-state index contributed by atoms with van der Waals surface area (Å²) in [5.41, 5.74) is 0. The lowest BCUT2D eigenvalue weighted by Gasteiger charge is -1.90. The Labute approximate surface area is 125 Å². The van der Waals surface area contributed by atoms with Crippen molar-refractivity contribution in [3.05, 3.63) is 55.3 Å². The SMILES string of the molecule is Cc1sc(C(=O)c2cc3ccc(F)cc3s2)cc1Br. The minimum absolute atomic E-state index is 0.000378. The Morgan fingerprint density at radius 2 is 1.89 bits per heavy atom. The van der Waals surface area contributed by atoms with Crippen molar-refractivity contribution in [2.45, 2.75) is 6.92 Å². The van der Waals surface area contributed by atoms with E-state index in [2.05, 4.69) is 15.9 Å². The molecular formula is C14H8BrFOS2. The van der Waals surface area contributed by atoms with Crippen LogP contribution in [-0.4, -0.2) is 5.78 Å². The highest BCUT2D eigenvalue weighted by atomic mass is 79.9. The largest absolute Gasteiger partial charge is 0.287 e. The maximum Gasteiger partial charge on any atom is 0.212 e. The number of hydrogen-bond acceptors (Lipinski definition) is 3. The monoisotopic (exact) mass is 354 g/mol. The average Bonchev–Trinajstić information content (AvgIpc) is 2.92. The highest BCUT2D eigenvalue weighted by molar-refractivity contribution is 9.10. The zero-order chi connectivity index (χ0) is 13.6. The van der Waals surface area contributed by atoms with Gasteiger partial charge in [-0.25, -0.2) is 4.39 Å². The van der Waals surface area contributed by atoms with Crippen LogP contribution < -0.4 is 0 Å². The third kappa shape index (κ3) is 2.38. The van der Waals surface area contributed by atoms with Crippen molar-refractivity contribution in [2.24, 2.45) is 0 Å². The summed E-state index contributed by atoms with van der Waals surface area (Å²) >= 11 is 6.21. The Morgan fingerprint density at radius 1 is 1.16 bits per heavy atom. The average molecular weight is 355 g/mol. The second-order valence-corrected chi connectivity index (χ2v) is 7.33. The zero-order valence-corrected chi connectivity index (χ0v) is 13.1. The van der Waals surface area contributed by atoms with E-state index < -0.39 is 0 Å². The Morgan fingerprint density at radius 3 is 2.58 bits per heavy atom. The molecule has 0 saturated heterocycles. The Bertz CT molecular complexity index is 768. The maximum absolute atomic E-state index is 13.1. The van der Waals surface area contributed by atoms with Crippen LogP contribution in [0.3, 0.4) is 0 Å². The lowest BCUT2D eigenvalue weighted by molar-refractivity contribution is 0.104. The van der Waals surface area contributed by atoms with Crippen molar-refractivity contribution in [1.82, 2.24) is 0 Å². The van der Waals surface area contributed by atoms with Crippen LogP contribution in [-0.2, 0) is 0 Å². The van der Waals surface area contributed by atoms with E-state index in [1.54, 1.807) is 6.07 Å². The highest BCUT2D eigenvalue weighted by Gasteiger charge is 2.16. The topological polar surface area (TPSA) is 17.1 Å². The number of rotatable bonds is 2. The molecule has 0 aliphatic carbocycles. The summed E-state index contributed by atoms with van der Waals surface area (Å²) in [6.45, 7) is 1.96. The molecule has 2 heterocycles. The first kappa shape index (κ1) is 13.0. The number of fused-ring (bicyclic) bond motifs is 1. The van der Waals surface area contributed by atoms with Crippen molar-refractivity contribution < 1.29 is 9.18 Å². The summed E-state index contributed by atoms with van der Waals surface area (Å²) in [5.74, 6) is -0.275. The molecule has 0 aliphatic heterocycles. The summed E-state index contributed by atoms with van der Waals surface area (Å²) in [6.07, 6.45) is 0. The van der Waals surface area contributed by atoms with E-state index in [4.69, 9.17) is 0 Å². The van der Waals surface area contributed by atoms with Gasteiger partial charge in [-0.15, -0.1) is 22.7 Å². The molecular weight excluding hydrogens is 347 g/mol. The zero-order valence-electron chi connectivity index (χ0n) is 9.87. The van der Waals surface area contributed by atoms with Crippen LogP contribution in [0.4, 0.5) is 4.39 Å². The Hall–Kier alpha value is -1.04. The van der Waals surface area contributed by atoms with Gasteiger partial charge in [0.15, 0.2) is 0 Å². The Kier molecular flexibility index (Phi) is 3.28. The van der Waals surface area contributed by atoms with Crippen molar-refractivity contribution in [3.63, 3.8) is 0 Å². The fourth-order valence-corrected chi connectivity index (χ4v) is 4.41. The van der Waals surface area contributed by atoms with E-state index in [0.717, 1.165) is 19.4 Å². The van der Waals surface area contributed by atoms with Crippen LogP contribution in [0.15, 0.2) is 34.8 Å². The molecule has 0 amide bonds. The van der Waals surface area contributed by atoms with Crippen LogP contribution in [0.5, 0.6) is 0 Å². The molecule has 1 nitrogen and oxygen atoms in total. The van der Waals surface area contributed by atoms with E-state index in [1.807, 2.05) is 19.1 Å². The number of hydrogen-bond donors (Lipinski definition) is 0. The normalized spacial score (nSPS) is 11.1. The molecule has 0 spiro atoms. The van der Waals surface area contributed by atoms with E-state index in [9.17, 15) is 9.18 Å². The molecule has 0 atom stereocenters. The molecule has 0 saturated carbocycles. The predicted molar refractivity (Wildman–Crippen MR) is 82.0 cm³/mol. The third-order valence-corrected chi connectivity index (χ3v) is 6.02. The van der Waals surface area contributed by atoms with Gasteiger partial charge in [-0.2, -0.15) is 0 Å². The van der Waals surface area contributed by atoms with Crippen molar-refractivity contribution in [3.8, 4) is 0 Å². The molecule has 0 bridgehead atoms. The lowest BCUT2D eigenvalue weighted by atomic mass is 10.2. The predicted octanol–water partition coefficient (Wildman–Crippen LogP) is 5.40. The first-order valence-corrected chi connectivity index (χ1v) is 7.97. The van der Waals surface area contributed by atoms with Gasteiger partial charge in [0.25, 0.3) is 0 Å². The van der Waals surface area contributed by atoms with E-state index >= 15 is 0 Å². The number of thiophene rings is 2. The number of ketones is 1. The molecule has 5 heteroatoms. The van der Waals surface area contributed by atoms with Crippen molar-refractivity contribution in [1.29, 1.82) is 0 Å². The van der Waals surface area contributed by atoms with Crippen LogP contribution in [0, 0.1) is 12.7 Å². The second-order valence-electron chi connectivity index (χ2n) is 4.14. The van der Waals surface area contributed by atoms with Crippen molar-refractivity contribution in [2.75, 3.05) is 0 Å². The van der Waals surface area contributed by atoms with Gasteiger partial charge in [0.1, 0.15) is 5.82 Å². The van der Waals surface area contributed by atoms with Crippen LogP contribution >= 0.6 is 38.6 Å². The van der Waals surface area contributed by atoms with Gasteiger partial charge >= 0.3 is 0 Å². The molecule has 0 fully saturated rings. The first-order valence-electron chi connectivity index (χ1n) is 5.54. The first-order chi connectivity index (χ1) is 9.04. The number of halogens is 2. The van der Waals surface area contributed by atoms with Gasteiger partial charge < -0.3 is 0 Å². The van der Waals surface area contributed by atoms with E-state index in [0.29, 0.717) is 9.75 Å². The van der Waals surface area contributed by atoms with E-state index in [-0.39, 0.29) is 11.6 Å². The minimum atomic E-state index is -0.275. The van der Waals surface area contributed by atoms with Gasteiger partial charge in [-0.1, -0.05) is 6.07 Å². The lowest BCUT2D eigenvalue weighted by Crippen LogP contribution is -1.93. The molecule has 1 aromatic carbocycles. The third-order valence-electron chi connectivity index (χ3n) is 2.79. The molecule has 3 rings (SSSR count). The number of carbonyl (C=O) groups excluding carboxylic acids is 1. The molecule has 0 aliphatic rings. The van der Waals surface area contributed by atoms with Gasteiger partial charge in [0, 0.05) is 14.0 Å². The van der Waals surface area contributed by atoms with Gasteiger partial charge in [0.2, 0.25) is 5.78 Å². The number of aryl methyl sites for hydroxylation is 1. The maximum atomic E-state index is 13.1. The second kappa shape index (κ2) is 4.81. The number of carbonyl (C=O) groups is 1. The number of benzene rings is 1. The van der Waals surface area contributed by atoms with Gasteiger partial charge in [-0.3, -0.25) is 4.79 Å². The highest BCUT2D eigenvalue weighted by Crippen LogP contribution is 2.32. The van der Waals surface area contributed by atoms with Gasteiger partial charge in [0.05, 0.1) is 9.75 Å². The quantitative estimate of drug-likeness (QED) is 0.562. The van der Waals surface area contributed by atoms with Crippen LogP contribution in [0.2, 0.25) is 0 Å². The van der Waals surface area contributed by atoms with Crippen molar-refractivity contribution >= 4 is 54.5 Å². The summed E-state index contributed by atoms with van der Waals surface area (Å²) < 4.78 is 14.9. The summed E-state index contributed by atoms with van der Waals surface area (Å²) in [7, 11) is 0. The molecule has 2 aromatic heterocycles. The van der Waals surface area contributed by atoms with E-state index in [1.165, 1.54) is 34.8 Å². The fraction of sp³-hybridized carbons (Fsp3) is 0.0714. The van der Waals surface area contributed by atoms with Gasteiger partial charge in [-0.05, 0) is 52.5 Å². The smallest absolute Gasteiger partial charge is 0.212 e. The summed E-state index contributed by atoms with van der Waals surface area (Å²) in [4.78, 5) is 14.8. The fourth-order valence-electron chi connectivity index (χ4n) is 1.81. The molecule has 96 valence electrons. The molecule has 3 aromatic rings. The summed E-state index contributed by atoms with van der Waals surface area (Å²) in [5, 5.41) is 0.905. The molecule has 19 heavy (non-hydrogen) atoms. The minimum Gasteiger partial charge on any atom is -0.287 e. The van der Waals surface area contributed by atoms with Crippen LogP contribution in [0.25, 0.3) is 10.1 Å². The summed E-state index contributed by atoms with van der Waals surface area (Å²) in [6, 6.07) is 8.24. The molecule has 0 N–H and O–H groups in total. The molecule has 0 radical (unpaired) electrons. The van der Waals surface area contributed by atoms with Crippen LogP contribution in [0.1, 0.15) is 19.4 Å². The molecule has 0 unspecified atom stereocenters. The standard InChI is InChI=1S/C14H8BrFOS2/c1-7-10(15)6-13(18-7)14(17)12-4-8-2-3-9(16)5-11(8)19-12/h2-6H,1H3. The Balaban J connectivity index is 2.06.